The SMILES string of the molecule is Cc1cc([C@H](C(=O)N2C[C@H](O)C[C@H]2C(=O)N[C@@H](CC(=O)NCCCCCCCCN)c2ccc(-c3scnc3C)cc2)C(C)C)on1. The van der Waals surface area contributed by atoms with Gasteiger partial charge in [-0.1, -0.05) is 69.0 Å². The topological polar surface area (TPSA) is 164 Å². The summed E-state index contributed by atoms with van der Waals surface area (Å²) < 4.78 is 5.46. The molecule has 3 heterocycles. The minimum absolute atomic E-state index is 0.0352. The molecule has 4 rings (SSSR count). The van der Waals surface area contributed by atoms with Crippen molar-refractivity contribution in [3.05, 3.63) is 58.6 Å². The quantitative estimate of drug-likeness (QED) is 0.150. The molecule has 2 aromatic heterocycles. The highest BCUT2D eigenvalue weighted by Gasteiger charge is 2.43. The number of thiazole rings is 1. The highest BCUT2D eigenvalue weighted by molar-refractivity contribution is 7.13. The Balaban J connectivity index is 1.47. The van der Waals surface area contributed by atoms with E-state index in [1.165, 1.54) is 4.90 Å². The van der Waals surface area contributed by atoms with Crippen LogP contribution in [-0.4, -0.2) is 69.6 Å². The van der Waals surface area contributed by atoms with Crippen LogP contribution >= 0.6 is 11.3 Å². The molecular formula is C35H50N6O5S. The summed E-state index contributed by atoms with van der Waals surface area (Å²) in [6.07, 6.45) is 5.62. The largest absolute Gasteiger partial charge is 0.391 e. The lowest BCUT2D eigenvalue weighted by Crippen LogP contribution is -2.49. The van der Waals surface area contributed by atoms with Crippen LogP contribution in [0.2, 0.25) is 0 Å². The zero-order valence-corrected chi connectivity index (χ0v) is 28.9. The number of nitrogens with zero attached hydrogens (tertiary/aromatic N) is 3. The first-order valence-corrected chi connectivity index (χ1v) is 17.7. The van der Waals surface area contributed by atoms with Crippen molar-refractivity contribution in [2.75, 3.05) is 19.6 Å². The molecule has 0 aliphatic carbocycles. The molecule has 1 saturated heterocycles. The van der Waals surface area contributed by atoms with Gasteiger partial charge < -0.3 is 30.9 Å². The molecule has 1 aliphatic rings. The number of β-amino-alcohol motifs (C(OH)–C–C–N with tert-alkyl or cyclic N) is 1. The third kappa shape index (κ3) is 9.94. The highest BCUT2D eigenvalue weighted by Crippen LogP contribution is 2.32. The zero-order valence-electron chi connectivity index (χ0n) is 28.0. The first-order chi connectivity index (χ1) is 22.6. The van der Waals surface area contributed by atoms with Crippen LogP contribution in [0.15, 0.2) is 40.4 Å². The third-order valence-corrected chi connectivity index (χ3v) is 9.71. The average molecular weight is 667 g/mol. The van der Waals surface area contributed by atoms with E-state index in [1.807, 2.05) is 50.5 Å². The molecule has 5 N–H and O–H groups in total. The molecule has 11 nitrogen and oxygen atoms in total. The molecule has 3 amide bonds. The lowest BCUT2D eigenvalue weighted by atomic mass is 9.91. The maximum atomic E-state index is 13.9. The summed E-state index contributed by atoms with van der Waals surface area (Å²) >= 11 is 1.56. The predicted molar refractivity (Wildman–Crippen MR) is 182 cm³/mol. The second-order valence-corrected chi connectivity index (χ2v) is 13.8. The van der Waals surface area contributed by atoms with E-state index in [-0.39, 0.29) is 37.1 Å². The Morgan fingerprint density at radius 2 is 1.79 bits per heavy atom. The number of aryl methyl sites for hydroxylation is 2. The van der Waals surface area contributed by atoms with Crippen LogP contribution in [0.4, 0.5) is 0 Å². The molecule has 1 aromatic carbocycles. The number of nitrogens with one attached hydrogen (secondary N) is 2. The van der Waals surface area contributed by atoms with Crippen molar-refractivity contribution < 1.29 is 24.0 Å². The maximum Gasteiger partial charge on any atom is 0.243 e. The van der Waals surface area contributed by atoms with Gasteiger partial charge in [-0.05, 0) is 50.3 Å². The van der Waals surface area contributed by atoms with Crippen LogP contribution < -0.4 is 16.4 Å². The molecule has 3 aromatic rings. The van der Waals surface area contributed by atoms with Crippen LogP contribution in [0, 0.1) is 19.8 Å². The third-order valence-electron chi connectivity index (χ3n) is 8.73. The maximum absolute atomic E-state index is 13.9. The number of unbranched alkanes of at least 4 members (excludes halogenated alkanes) is 5. The first-order valence-electron chi connectivity index (χ1n) is 16.8. The van der Waals surface area contributed by atoms with Crippen molar-refractivity contribution in [3.8, 4) is 10.4 Å². The number of likely N-dealkylation sites (tertiary alicyclic amines) is 1. The minimum atomic E-state index is -0.897. The standard InChI is InChI=1S/C35H50N6O5S/c1-22(2)32(30-17-23(3)40-46-30)35(45)41-20-27(42)18-29(41)34(44)39-28(19-31(43)37-16-10-8-6-5-7-9-15-36)25-11-13-26(14-12-25)33-24(4)38-21-47-33/h11-14,17,21-22,27-29,32,42H,5-10,15-16,18-20,36H2,1-4H3,(H,37,43)(H,39,44)/t27-,28+,29+,32-/m1/s1. The Hall–Kier alpha value is -3.61. The van der Waals surface area contributed by atoms with Crippen molar-refractivity contribution >= 4 is 29.1 Å². The predicted octanol–water partition coefficient (Wildman–Crippen LogP) is 4.78. The van der Waals surface area contributed by atoms with Crippen molar-refractivity contribution in [2.45, 2.75) is 103 Å². The summed E-state index contributed by atoms with van der Waals surface area (Å²) in [6.45, 7) is 8.90. The van der Waals surface area contributed by atoms with Crippen LogP contribution in [0.3, 0.4) is 0 Å². The fourth-order valence-corrected chi connectivity index (χ4v) is 6.99. The number of carbonyl (C=O) groups excluding carboxylic acids is 3. The average Bonchev–Trinajstić information content (AvgIpc) is 3.77. The van der Waals surface area contributed by atoms with Gasteiger partial charge in [0.1, 0.15) is 17.7 Å². The van der Waals surface area contributed by atoms with E-state index in [0.717, 1.165) is 66.8 Å². The molecule has 1 aliphatic heterocycles. The van der Waals surface area contributed by atoms with E-state index in [1.54, 1.807) is 24.3 Å². The molecule has 47 heavy (non-hydrogen) atoms. The second-order valence-electron chi connectivity index (χ2n) is 12.9. The summed E-state index contributed by atoms with van der Waals surface area (Å²) in [4.78, 5) is 47.8. The molecule has 0 unspecified atom stereocenters. The smallest absolute Gasteiger partial charge is 0.243 e. The fourth-order valence-electron chi connectivity index (χ4n) is 6.18. The van der Waals surface area contributed by atoms with E-state index < -0.39 is 30.0 Å². The van der Waals surface area contributed by atoms with Gasteiger partial charge >= 0.3 is 0 Å². The van der Waals surface area contributed by atoms with Crippen molar-refractivity contribution in [3.63, 3.8) is 0 Å². The Bertz CT molecular complexity index is 1450. The van der Waals surface area contributed by atoms with Gasteiger partial charge in [-0.3, -0.25) is 14.4 Å². The van der Waals surface area contributed by atoms with E-state index in [2.05, 4.69) is 20.8 Å². The molecule has 1 fully saturated rings. The monoisotopic (exact) mass is 666 g/mol. The number of carbonyl (C=O) groups is 3. The van der Waals surface area contributed by atoms with Crippen LogP contribution in [0.5, 0.6) is 0 Å². The van der Waals surface area contributed by atoms with Gasteiger partial charge in [0.2, 0.25) is 17.7 Å². The summed E-state index contributed by atoms with van der Waals surface area (Å²) in [5.41, 5.74) is 10.8. The number of aliphatic hydroxyl groups is 1. The van der Waals surface area contributed by atoms with E-state index in [0.29, 0.717) is 18.0 Å². The zero-order chi connectivity index (χ0) is 33.9. The Labute approximate surface area is 281 Å². The number of amides is 3. The Morgan fingerprint density at radius 3 is 2.40 bits per heavy atom. The number of hydrogen-bond donors (Lipinski definition) is 4. The van der Waals surface area contributed by atoms with Gasteiger partial charge in [0.05, 0.1) is 40.3 Å². The fraction of sp³-hybridized carbons (Fsp3) is 0.571. The first kappa shape index (κ1) is 36.2. The molecule has 0 radical (unpaired) electrons. The number of nitrogens with two attached hydrogens (primary N) is 1. The second kappa shape index (κ2) is 17.5. The summed E-state index contributed by atoms with van der Waals surface area (Å²) in [5.74, 6) is -1.22. The normalized spacial score (nSPS) is 17.6. The number of aromatic nitrogens is 2. The Morgan fingerprint density at radius 1 is 1.09 bits per heavy atom. The van der Waals surface area contributed by atoms with Gasteiger partial charge in [-0.15, -0.1) is 11.3 Å². The van der Waals surface area contributed by atoms with Crippen molar-refractivity contribution in [1.82, 2.24) is 25.7 Å². The molecule has 0 spiro atoms. The van der Waals surface area contributed by atoms with Gasteiger partial charge in [0, 0.05) is 25.6 Å². The highest BCUT2D eigenvalue weighted by atomic mass is 32.1. The number of benzene rings is 1. The molecule has 0 bridgehead atoms. The van der Waals surface area contributed by atoms with E-state index >= 15 is 0 Å². The van der Waals surface area contributed by atoms with Crippen LogP contribution in [0.25, 0.3) is 10.4 Å². The molecule has 256 valence electrons. The number of aliphatic hydroxyl groups excluding tert-OH is 1. The van der Waals surface area contributed by atoms with E-state index in [9.17, 15) is 19.5 Å². The lowest BCUT2D eigenvalue weighted by molar-refractivity contribution is -0.141. The summed E-state index contributed by atoms with van der Waals surface area (Å²) in [6, 6.07) is 7.98. The minimum Gasteiger partial charge on any atom is -0.391 e. The van der Waals surface area contributed by atoms with Crippen LogP contribution in [0.1, 0.15) is 99.9 Å². The number of rotatable bonds is 17. The summed E-state index contributed by atoms with van der Waals surface area (Å²) in [5, 5.41) is 20.6. The van der Waals surface area contributed by atoms with Crippen LogP contribution in [-0.2, 0) is 14.4 Å². The Kier molecular flexibility index (Phi) is 13.5. The van der Waals surface area contributed by atoms with Gasteiger partial charge in [-0.2, -0.15) is 0 Å². The van der Waals surface area contributed by atoms with Gasteiger partial charge in [-0.25, -0.2) is 4.98 Å². The molecule has 4 atom stereocenters. The number of hydrogen-bond acceptors (Lipinski definition) is 9. The lowest BCUT2D eigenvalue weighted by Gasteiger charge is -2.30. The van der Waals surface area contributed by atoms with Crippen molar-refractivity contribution in [1.29, 1.82) is 0 Å². The van der Waals surface area contributed by atoms with Gasteiger partial charge in [0.25, 0.3) is 0 Å². The molecular weight excluding hydrogens is 616 g/mol. The van der Waals surface area contributed by atoms with Gasteiger partial charge in [0.15, 0.2) is 0 Å². The molecule has 0 saturated carbocycles. The van der Waals surface area contributed by atoms with E-state index in [4.69, 9.17) is 10.3 Å². The molecule has 12 heteroatoms. The van der Waals surface area contributed by atoms with Crippen molar-refractivity contribution in [2.24, 2.45) is 11.7 Å². The summed E-state index contributed by atoms with van der Waals surface area (Å²) in [7, 11) is 0.